The van der Waals surface area contributed by atoms with E-state index in [0.717, 1.165) is 54.2 Å². The van der Waals surface area contributed by atoms with Gasteiger partial charge in [0.2, 0.25) is 14.7 Å². The lowest BCUT2D eigenvalue weighted by atomic mass is 10.1. The van der Waals surface area contributed by atoms with E-state index in [0.29, 0.717) is 19.6 Å². The molecule has 244 valence electrons. The van der Waals surface area contributed by atoms with E-state index in [-0.39, 0.29) is 5.04 Å². The van der Waals surface area contributed by atoms with Crippen LogP contribution in [-0.4, -0.2) is 44.5 Å². The minimum atomic E-state index is -2.02. The van der Waals surface area contributed by atoms with Crippen LogP contribution >= 0.6 is 0 Å². The Balaban J connectivity index is 1.31. The monoisotopic (exact) mass is 639 g/mol. The van der Waals surface area contributed by atoms with Crippen LogP contribution in [0.4, 0.5) is 11.4 Å². The third kappa shape index (κ3) is 10.8. The Bertz CT molecular complexity index is 1490. The van der Waals surface area contributed by atoms with Gasteiger partial charge in [0.25, 0.3) is 0 Å². The van der Waals surface area contributed by atoms with Gasteiger partial charge < -0.3 is 25.0 Å². The third-order valence-corrected chi connectivity index (χ3v) is 12.9. The maximum atomic E-state index is 10.7. The molecule has 0 saturated heterocycles. The fraction of sp³-hybridized carbons (Fsp3) is 0.342. The number of hydrogen-bond donors (Lipinski definition) is 3. The van der Waals surface area contributed by atoms with Crippen LogP contribution in [0.25, 0.3) is 0 Å². The molecule has 0 bridgehead atoms. The van der Waals surface area contributed by atoms with E-state index in [1.54, 1.807) is 0 Å². The third-order valence-electron chi connectivity index (χ3n) is 8.58. The van der Waals surface area contributed by atoms with Gasteiger partial charge in [0, 0.05) is 31.0 Å². The van der Waals surface area contributed by atoms with Crippen LogP contribution in [0, 0.1) is 0 Å². The molecule has 1 atom stereocenters. The van der Waals surface area contributed by atoms with Crippen LogP contribution < -0.4 is 15.4 Å². The summed E-state index contributed by atoms with van der Waals surface area (Å²) >= 11 is 0. The molecule has 1 amide bonds. The standard InChI is InChI=1S/C38H49N3O4Si/c1-38(2,3)46(4,5)45-41(24-22-30-14-18-34(19-15-30)39-27-37(43)33-11-7-6-8-12-33)25-23-31-16-20-36(21-17-31)44-28-32-10-9-13-35(26-32)40-29-42/h6-21,26,29,37,39,43H,22-25,27-28H2,1-5H3,(H,40,42). The normalized spacial score (nSPS) is 12.5. The van der Waals surface area contributed by atoms with Crippen molar-refractivity contribution in [3.63, 3.8) is 0 Å². The van der Waals surface area contributed by atoms with Crippen LogP contribution in [0.5, 0.6) is 5.75 Å². The number of anilines is 2. The number of hydroxylamine groups is 2. The number of ether oxygens (including phenoxy) is 1. The molecule has 0 spiro atoms. The minimum Gasteiger partial charge on any atom is -0.489 e. The number of carbonyl (C=O) groups excluding carboxylic acids is 1. The number of aliphatic hydroxyl groups is 1. The molecule has 0 aliphatic rings. The van der Waals surface area contributed by atoms with Gasteiger partial charge in [0.05, 0.1) is 6.10 Å². The fourth-order valence-corrected chi connectivity index (χ4v) is 5.81. The molecule has 1 unspecified atom stereocenters. The maximum absolute atomic E-state index is 10.7. The molecule has 0 aliphatic heterocycles. The summed E-state index contributed by atoms with van der Waals surface area (Å²) in [6, 6.07) is 34.1. The number of rotatable bonds is 17. The molecule has 0 radical (unpaired) electrons. The summed E-state index contributed by atoms with van der Waals surface area (Å²) in [6.07, 6.45) is 1.86. The van der Waals surface area contributed by atoms with Crippen molar-refractivity contribution in [1.29, 1.82) is 0 Å². The second-order valence-corrected chi connectivity index (χ2v) is 17.9. The fourth-order valence-electron chi connectivity index (χ4n) is 4.71. The molecular weight excluding hydrogens is 591 g/mol. The van der Waals surface area contributed by atoms with Crippen molar-refractivity contribution in [3.8, 4) is 5.75 Å². The molecule has 4 rings (SSSR count). The summed E-state index contributed by atoms with van der Waals surface area (Å²) in [5.41, 5.74) is 6.10. The highest BCUT2D eigenvalue weighted by Crippen LogP contribution is 2.37. The summed E-state index contributed by atoms with van der Waals surface area (Å²) < 4.78 is 12.8. The average molecular weight is 640 g/mol. The number of hydrogen-bond acceptors (Lipinski definition) is 6. The average Bonchev–Trinajstić information content (AvgIpc) is 3.05. The Kier molecular flexibility index (Phi) is 12.6. The van der Waals surface area contributed by atoms with Crippen molar-refractivity contribution in [1.82, 2.24) is 5.06 Å². The van der Waals surface area contributed by atoms with Gasteiger partial charge in [0.1, 0.15) is 12.4 Å². The van der Waals surface area contributed by atoms with E-state index in [9.17, 15) is 9.90 Å². The molecule has 0 aliphatic carbocycles. The smallest absolute Gasteiger partial charge is 0.220 e. The number of nitrogens with zero attached hydrogens (tertiary/aromatic N) is 1. The summed E-state index contributed by atoms with van der Waals surface area (Å²) in [5.74, 6) is 0.805. The predicted octanol–water partition coefficient (Wildman–Crippen LogP) is 8.00. The van der Waals surface area contributed by atoms with E-state index in [2.05, 4.69) is 86.0 Å². The van der Waals surface area contributed by atoms with Crippen molar-refractivity contribution in [2.45, 2.75) is 64.5 Å². The summed E-state index contributed by atoms with van der Waals surface area (Å²) in [5, 5.41) is 18.8. The lowest BCUT2D eigenvalue weighted by Crippen LogP contribution is -2.47. The lowest BCUT2D eigenvalue weighted by molar-refractivity contribution is -0.105. The van der Waals surface area contributed by atoms with Crippen molar-refractivity contribution in [2.75, 3.05) is 30.3 Å². The van der Waals surface area contributed by atoms with Gasteiger partial charge in [-0.3, -0.25) is 4.79 Å². The van der Waals surface area contributed by atoms with Crippen LogP contribution in [0.15, 0.2) is 103 Å². The largest absolute Gasteiger partial charge is 0.489 e. The molecule has 3 N–H and O–H groups in total. The zero-order valence-electron chi connectivity index (χ0n) is 27.8. The van der Waals surface area contributed by atoms with Gasteiger partial charge in [-0.2, -0.15) is 0 Å². The second kappa shape index (κ2) is 16.6. The molecule has 4 aromatic rings. The quantitative estimate of drug-likeness (QED) is 0.0617. The van der Waals surface area contributed by atoms with E-state index in [1.165, 1.54) is 11.1 Å². The Morgan fingerprint density at radius 1 is 0.804 bits per heavy atom. The summed E-state index contributed by atoms with van der Waals surface area (Å²) in [4.78, 5) is 10.7. The number of carbonyl (C=O) groups is 1. The molecule has 7 nitrogen and oxygen atoms in total. The zero-order valence-corrected chi connectivity index (χ0v) is 28.8. The summed E-state index contributed by atoms with van der Waals surface area (Å²) in [6.45, 7) is 13.9. The number of benzene rings is 4. The Hall–Kier alpha value is -3.95. The maximum Gasteiger partial charge on any atom is 0.220 e. The van der Waals surface area contributed by atoms with Gasteiger partial charge in [-0.05, 0) is 89.6 Å². The number of nitrogens with one attached hydrogen (secondary N) is 2. The van der Waals surface area contributed by atoms with Crippen molar-refractivity contribution in [2.24, 2.45) is 0 Å². The van der Waals surface area contributed by atoms with Crippen LogP contribution in [0.2, 0.25) is 18.1 Å². The van der Waals surface area contributed by atoms with E-state index in [4.69, 9.17) is 9.26 Å². The van der Waals surface area contributed by atoms with Crippen molar-refractivity contribution >= 4 is 26.1 Å². The first-order valence-electron chi connectivity index (χ1n) is 16.0. The molecule has 0 aromatic heterocycles. The highest BCUT2D eigenvalue weighted by atomic mass is 28.4. The van der Waals surface area contributed by atoms with Gasteiger partial charge in [-0.15, -0.1) is 0 Å². The van der Waals surface area contributed by atoms with Crippen LogP contribution in [-0.2, 0) is 28.8 Å². The highest BCUT2D eigenvalue weighted by Gasteiger charge is 2.39. The molecule has 0 heterocycles. The SMILES string of the molecule is CC(C)(C)[Si](C)(C)ON(CCc1ccc(NCC(O)c2ccccc2)cc1)CCc1ccc(OCc2cccc(NC=O)c2)cc1. The predicted molar refractivity (Wildman–Crippen MR) is 190 cm³/mol. The molecule has 0 fully saturated rings. The van der Waals surface area contributed by atoms with Crippen molar-refractivity contribution in [3.05, 3.63) is 125 Å². The first-order chi connectivity index (χ1) is 22.0. The number of aliphatic hydroxyl groups excluding tert-OH is 1. The molecule has 46 heavy (non-hydrogen) atoms. The lowest BCUT2D eigenvalue weighted by Gasteiger charge is -2.40. The Morgan fingerprint density at radius 2 is 1.43 bits per heavy atom. The second-order valence-electron chi connectivity index (χ2n) is 13.2. The topological polar surface area (TPSA) is 83.1 Å². The van der Waals surface area contributed by atoms with Gasteiger partial charge >= 0.3 is 0 Å². The highest BCUT2D eigenvalue weighted by molar-refractivity contribution is 6.74. The first-order valence-corrected chi connectivity index (χ1v) is 18.9. The molecule has 8 heteroatoms. The Labute approximate surface area is 275 Å². The summed E-state index contributed by atoms with van der Waals surface area (Å²) in [7, 11) is -2.02. The molecular formula is C38H49N3O4Si. The zero-order chi connectivity index (χ0) is 33.0. The number of amides is 1. The van der Waals surface area contributed by atoms with Gasteiger partial charge in [-0.25, -0.2) is 5.06 Å². The van der Waals surface area contributed by atoms with E-state index < -0.39 is 14.4 Å². The molecule has 0 saturated carbocycles. The van der Waals surface area contributed by atoms with Crippen LogP contribution in [0.1, 0.15) is 49.1 Å². The van der Waals surface area contributed by atoms with Gasteiger partial charge in [-0.1, -0.05) is 87.5 Å². The Morgan fingerprint density at radius 3 is 2.04 bits per heavy atom. The first kappa shape index (κ1) is 34.9. The minimum absolute atomic E-state index is 0.102. The van der Waals surface area contributed by atoms with Crippen LogP contribution in [0.3, 0.4) is 0 Å². The van der Waals surface area contributed by atoms with Gasteiger partial charge in [0.15, 0.2) is 0 Å². The molecule has 4 aromatic carbocycles. The van der Waals surface area contributed by atoms with E-state index in [1.807, 2.05) is 66.7 Å². The van der Waals surface area contributed by atoms with Crippen molar-refractivity contribution < 1.29 is 19.2 Å². The van der Waals surface area contributed by atoms with E-state index >= 15 is 0 Å².